The third-order valence-corrected chi connectivity index (χ3v) is 3.42. The van der Waals surface area contributed by atoms with Gasteiger partial charge in [0.25, 0.3) is 5.56 Å². The SMILES string of the molecule is O=C(O)c1ccc2c(c1)[nH]c(=O)c1ccc(Br)n12. The Balaban J connectivity index is 2.53. The first-order valence-electron chi connectivity index (χ1n) is 5.14. The molecule has 18 heavy (non-hydrogen) atoms. The zero-order valence-electron chi connectivity index (χ0n) is 8.98. The molecule has 0 radical (unpaired) electrons. The van der Waals surface area contributed by atoms with Crippen LogP contribution in [-0.4, -0.2) is 20.5 Å². The zero-order chi connectivity index (χ0) is 12.9. The number of hydrogen-bond donors (Lipinski definition) is 2. The van der Waals surface area contributed by atoms with Crippen LogP contribution in [0.15, 0.2) is 39.7 Å². The van der Waals surface area contributed by atoms with Gasteiger partial charge < -0.3 is 10.1 Å². The Hall–Kier alpha value is -2.08. The van der Waals surface area contributed by atoms with Gasteiger partial charge in [-0.1, -0.05) is 0 Å². The van der Waals surface area contributed by atoms with E-state index in [9.17, 15) is 9.59 Å². The molecule has 0 fully saturated rings. The van der Waals surface area contributed by atoms with Crippen LogP contribution in [0.4, 0.5) is 0 Å². The van der Waals surface area contributed by atoms with Crippen LogP contribution in [0.3, 0.4) is 0 Å². The largest absolute Gasteiger partial charge is 0.478 e. The number of halogens is 1. The highest BCUT2D eigenvalue weighted by Crippen LogP contribution is 2.20. The lowest BCUT2D eigenvalue weighted by molar-refractivity contribution is 0.0697. The van der Waals surface area contributed by atoms with Gasteiger partial charge in [-0.15, -0.1) is 0 Å². The molecule has 2 aromatic heterocycles. The maximum atomic E-state index is 11.8. The first-order chi connectivity index (χ1) is 8.58. The summed E-state index contributed by atoms with van der Waals surface area (Å²) in [6, 6.07) is 8.11. The summed E-state index contributed by atoms with van der Waals surface area (Å²) < 4.78 is 2.48. The molecular formula is C12H7BrN2O3. The Labute approximate surface area is 109 Å². The molecular weight excluding hydrogens is 300 g/mol. The maximum Gasteiger partial charge on any atom is 0.335 e. The van der Waals surface area contributed by atoms with Gasteiger partial charge >= 0.3 is 5.97 Å². The summed E-state index contributed by atoms with van der Waals surface area (Å²) in [7, 11) is 0. The fourth-order valence-corrected chi connectivity index (χ4v) is 2.50. The van der Waals surface area contributed by atoms with Crippen molar-refractivity contribution in [1.29, 1.82) is 0 Å². The van der Waals surface area contributed by atoms with Crippen molar-refractivity contribution in [1.82, 2.24) is 9.38 Å². The van der Waals surface area contributed by atoms with Crippen molar-refractivity contribution in [3.63, 3.8) is 0 Å². The van der Waals surface area contributed by atoms with Gasteiger partial charge in [0.1, 0.15) is 5.52 Å². The first kappa shape index (κ1) is 11.0. The quantitative estimate of drug-likeness (QED) is 0.724. The average molecular weight is 307 g/mol. The summed E-state index contributed by atoms with van der Waals surface area (Å²) in [5.74, 6) is -1.02. The monoisotopic (exact) mass is 306 g/mol. The van der Waals surface area contributed by atoms with Crippen LogP contribution in [0.2, 0.25) is 0 Å². The number of hydrogen-bond acceptors (Lipinski definition) is 2. The van der Waals surface area contributed by atoms with Crippen LogP contribution in [0.1, 0.15) is 10.4 Å². The smallest absolute Gasteiger partial charge is 0.335 e. The molecule has 3 rings (SSSR count). The Kier molecular flexibility index (Phi) is 2.27. The van der Waals surface area contributed by atoms with Crippen molar-refractivity contribution in [2.45, 2.75) is 0 Å². The molecule has 2 heterocycles. The molecule has 1 aromatic carbocycles. The summed E-state index contributed by atoms with van der Waals surface area (Å²) in [4.78, 5) is 25.4. The molecule has 0 saturated carbocycles. The van der Waals surface area contributed by atoms with Crippen molar-refractivity contribution >= 4 is 38.4 Å². The number of H-pyrrole nitrogens is 1. The molecule has 0 bridgehead atoms. The van der Waals surface area contributed by atoms with Crippen molar-refractivity contribution in [3.05, 3.63) is 50.9 Å². The second-order valence-corrected chi connectivity index (χ2v) is 4.68. The van der Waals surface area contributed by atoms with E-state index in [0.717, 1.165) is 10.1 Å². The van der Waals surface area contributed by atoms with E-state index < -0.39 is 5.97 Å². The van der Waals surface area contributed by atoms with Crippen LogP contribution in [-0.2, 0) is 0 Å². The van der Waals surface area contributed by atoms with Crippen molar-refractivity contribution in [2.75, 3.05) is 0 Å². The fourth-order valence-electron chi connectivity index (χ4n) is 1.98. The number of carboxylic acids is 1. The minimum absolute atomic E-state index is 0.140. The molecule has 0 spiro atoms. The van der Waals surface area contributed by atoms with Crippen LogP contribution in [0, 0.1) is 0 Å². The predicted molar refractivity (Wildman–Crippen MR) is 70.2 cm³/mol. The van der Waals surface area contributed by atoms with Crippen LogP contribution >= 0.6 is 15.9 Å². The van der Waals surface area contributed by atoms with E-state index in [1.165, 1.54) is 12.1 Å². The lowest BCUT2D eigenvalue weighted by Crippen LogP contribution is -2.10. The lowest BCUT2D eigenvalue weighted by atomic mass is 10.2. The Morgan fingerprint density at radius 3 is 2.67 bits per heavy atom. The number of aromatic carboxylic acids is 1. The number of benzene rings is 1. The Bertz CT molecular complexity index is 848. The highest BCUT2D eigenvalue weighted by molar-refractivity contribution is 9.10. The third-order valence-electron chi connectivity index (χ3n) is 2.80. The number of aromatic amines is 1. The second-order valence-electron chi connectivity index (χ2n) is 3.87. The molecule has 0 saturated heterocycles. The predicted octanol–water partition coefficient (Wildman–Crippen LogP) is 2.24. The zero-order valence-corrected chi connectivity index (χ0v) is 10.6. The minimum Gasteiger partial charge on any atom is -0.478 e. The third kappa shape index (κ3) is 1.46. The van der Waals surface area contributed by atoms with Gasteiger partial charge in [-0.3, -0.25) is 9.20 Å². The molecule has 0 aliphatic heterocycles. The van der Waals surface area contributed by atoms with E-state index in [-0.39, 0.29) is 11.1 Å². The van der Waals surface area contributed by atoms with Crippen molar-refractivity contribution in [3.8, 4) is 0 Å². The van der Waals surface area contributed by atoms with Gasteiger partial charge in [0.2, 0.25) is 0 Å². The Morgan fingerprint density at radius 2 is 1.94 bits per heavy atom. The normalized spacial score (nSPS) is 11.2. The number of fused-ring (bicyclic) bond motifs is 3. The molecule has 0 atom stereocenters. The van der Waals surface area contributed by atoms with Crippen molar-refractivity contribution in [2.24, 2.45) is 0 Å². The number of nitrogens with zero attached hydrogens (tertiary/aromatic N) is 1. The highest BCUT2D eigenvalue weighted by atomic mass is 79.9. The van der Waals surface area contributed by atoms with Gasteiger partial charge in [-0.05, 0) is 46.3 Å². The van der Waals surface area contributed by atoms with Crippen molar-refractivity contribution < 1.29 is 9.90 Å². The molecule has 6 heteroatoms. The van der Waals surface area contributed by atoms with E-state index in [4.69, 9.17) is 5.11 Å². The standard InChI is InChI=1S/C12H7BrN2O3/c13-10-4-3-9-11(16)14-7-5-6(12(17)18)1-2-8(7)15(9)10/h1-5H,(H,14,16)(H,17,18). The molecule has 90 valence electrons. The van der Waals surface area contributed by atoms with E-state index in [1.807, 2.05) is 0 Å². The van der Waals surface area contributed by atoms with E-state index in [2.05, 4.69) is 20.9 Å². The second kappa shape index (κ2) is 3.71. The molecule has 3 aromatic rings. The molecule has 5 nitrogen and oxygen atoms in total. The summed E-state index contributed by atoms with van der Waals surface area (Å²) in [5, 5.41) is 8.93. The van der Waals surface area contributed by atoms with Gasteiger partial charge in [0.15, 0.2) is 0 Å². The molecule has 0 aliphatic carbocycles. The van der Waals surface area contributed by atoms with E-state index in [0.29, 0.717) is 11.0 Å². The summed E-state index contributed by atoms with van der Waals surface area (Å²) in [6.45, 7) is 0. The van der Waals surface area contributed by atoms with Gasteiger partial charge in [-0.2, -0.15) is 0 Å². The molecule has 0 aliphatic rings. The van der Waals surface area contributed by atoms with E-state index >= 15 is 0 Å². The maximum absolute atomic E-state index is 11.8. The molecule has 0 amide bonds. The molecule has 0 unspecified atom stereocenters. The minimum atomic E-state index is -1.02. The van der Waals surface area contributed by atoms with Gasteiger partial charge in [0.05, 0.1) is 21.2 Å². The lowest BCUT2D eigenvalue weighted by Gasteiger charge is -2.05. The van der Waals surface area contributed by atoms with Crippen LogP contribution in [0.5, 0.6) is 0 Å². The van der Waals surface area contributed by atoms with E-state index in [1.54, 1.807) is 22.6 Å². The number of aromatic nitrogens is 2. The first-order valence-corrected chi connectivity index (χ1v) is 5.93. The van der Waals surface area contributed by atoms with Crippen LogP contribution in [0.25, 0.3) is 16.6 Å². The number of carboxylic acid groups (broad SMARTS) is 1. The summed E-state index contributed by atoms with van der Waals surface area (Å²) >= 11 is 3.36. The Morgan fingerprint density at radius 1 is 1.22 bits per heavy atom. The van der Waals surface area contributed by atoms with Crippen LogP contribution < -0.4 is 5.56 Å². The number of nitrogens with one attached hydrogen (secondary N) is 1. The topological polar surface area (TPSA) is 74.6 Å². The number of rotatable bonds is 1. The summed E-state index contributed by atoms with van der Waals surface area (Å²) in [5.41, 5.74) is 1.63. The molecule has 2 N–H and O–H groups in total. The summed E-state index contributed by atoms with van der Waals surface area (Å²) in [6.07, 6.45) is 0. The fraction of sp³-hybridized carbons (Fsp3) is 0. The van der Waals surface area contributed by atoms with Gasteiger partial charge in [0, 0.05) is 0 Å². The highest BCUT2D eigenvalue weighted by Gasteiger charge is 2.10. The average Bonchev–Trinajstić information content (AvgIpc) is 2.72. The number of carbonyl (C=O) groups is 1. The van der Waals surface area contributed by atoms with Gasteiger partial charge in [-0.25, -0.2) is 4.79 Å².